The van der Waals surface area contributed by atoms with Gasteiger partial charge in [0.1, 0.15) is 0 Å². The first-order valence-corrected chi connectivity index (χ1v) is 6.35. The van der Waals surface area contributed by atoms with Crippen LogP contribution in [0.25, 0.3) is 0 Å². The Balaban J connectivity index is 1.67. The van der Waals surface area contributed by atoms with Gasteiger partial charge in [0.2, 0.25) is 0 Å². The zero-order valence-corrected chi connectivity index (χ0v) is 9.45. The minimum atomic E-state index is -0.0638. The van der Waals surface area contributed by atoms with Crippen molar-refractivity contribution in [3.63, 3.8) is 0 Å². The average molecular weight is 213 g/mol. The highest BCUT2D eigenvalue weighted by Crippen LogP contribution is 2.24. The molecule has 0 radical (unpaired) electrons. The first-order valence-electron chi connectivity index (χ1n) is 6.35. The van der Waals surface area contributed by atoms with E-state index < -0.39 is 0 Å². The van der Waals surface area contributed by atoms with Gasteiger partial charge in [-0.3, -0.25) is 0 Å². The number of aliphatic hydroxyl groups is 1. The van der Waals surface area contributed by atoms with Crippen molar-refractivity contribution in [3.8, 4) is 0 Å². The van der Waals surface area contributed by atoms with Gasteiger partial charge in [-0.25, -0.2) is 0 Å². The molecular formula is C12H23NO2. The summed E-state index contributed by atoms with van der Waals surface area (Å²) in [6.07, 6.45) is 6.88. The fraction of sp³-hybridized carbons (Fsp3) is 1.00. The van der Waals surface area contributed by atoms with Gasteiger partial charge in [0.15, 0.2) is 0 Å². The molecule has 0 aromatic carbocycles. The predicted molar refractivity (Wildman–Crippen MR) is 59.8 cm³/mol. The fourth-order valence-corrected chi connectivity index (χ4v) is 2.65. The number of rotatable bonds is 3. The summed E-state index contributed by atoms with van der Waals surface area (Å²) in [4.78, 5) is 0. The lowest BCUT2D eigenvalue weighted by atomic mass is 9.86. The summed E-state index contributed by atoms with van der Waals surface area (Å²) in [5.41, 5.74) is 0. The van der Waals surface area contributed by atoms with Gasteiger partial charge in [-0.2, -0.15) is 0 Å². The monoisotopic (exact) mass is 213 g/mol. The second-order valence-electron chi connectivity index (χ2n) is 4.91. The van der Waals surface area contributed by atoms with Gasteiger partial charge in [-0.15, -0.1) is 0 Å². The smallest absolute Gasteiger partial charge is 0.0580 e. The first kappa shape index (κ1) is 11.4. The van der Waals surface area contributed by atoms with Gasteiger partial charge in [-0.05, 0) is 31.6 Å². The van der Waals surface area contributed by atoms with E-state index >= 15 is 0 Å². The van der Waals surface area contributed by atoms with Crippen LogP contribution in [0.3, 0.4) is 0 Å². The van der Waals surface area contributed by atoms with Gasteiger partial charge in [0.05, 0.1) is 6.10 Å². The lowest BCUT2D eigenvalue weighted by molar-refractivity contribution is 0.0548. The zero-order chi connectivity index (χ0) is 10.5. The van der Waals surface area contributed by atoms with Crippen molar-refractivity contribution < 1.29 is 9.84 Å². The Morgan fingerprint density at radius 1 is 1.07 bits per heavy atom. The van der Waals surface area contributed by atoms with Crippen molar-refractivity contribution in [2.45, 2.75) is 50.7 Å². The molecule has 2 unspecified atom stereocenters. The molecule has 1 aliphatic heterocycles. The molecule has 1 saturated heterocycles. The molecule has 3 nitrogen and oxygen atoms in total. The first-order chi connectivity index (χ1) is 7.36. The van der Waals surface area contributed by atoms with Gasteiger partial charge in [-0.1, -0.05) is 12.8 Å². The van der Waals surface area contributed by atoms with Crippen LogP contribution >= 0.6 is 0 Å². The summed E-state index contributed by atoms with van der Waals surface area (Å²) in [5.74, 6) is 0.488. The fourth-order valence-electron chi connectivity index (χ4n) is 2.65. The maximum absolute atomic E-state index is 9.83. The number of ether oxygens (including phenoxy) is 1. The standard InChI is InChI=1S/C12H23NO2/c14-12-4-2-1-3-10(12)9-13-11-5-7-15-8-6-11/h10-14H,1-9H2. The van der Waals surface area contributed by atoms with Gasteiger partial charge >= 0.3 is 0 Å². The van der Waals surface area contributed by atoms with E-state index in [2.05, 4.69) is 5.32 Å². The highest BCUT2D eigenvalue weighted by Gasteiger charge is 2.24. The quantitative estimate of drug-likeness (QED) is 0.742. The predicted octanol–water partition coefficient (Wildman–Crippen LogP) is 1.31. The molecule has 1 aliphatic carbocycles. The Hall–Kier alpha value is -0.120. The number of aliphatic hydroxyl groups excluding tert-OH is 1. The highest BCUT2D eigenvalue weighted by molar-refractivity contribution is 4.79. The van der Waals surface area contributed by atoms with Crippen LogP contribution in [0.2, 0.25) is 0 Å². The molecular weight excluding hydrogens is 190 g/mol. The van der Waals surface area contributed by atoms with Crippen LogP contribution in [-0.2, 0) is 4.74 Å². The van der Waals surface area contributed by atoms with Crippen LogP contribution < -0.4 is 5.32 Å². The molecule has 2 N–H and O–H groups in total. The van der Waals surface area contributed by atoms with Crippen molar-refractivity contribution in [1.29, 1.82) is 0 Å². The third-order valence-electron chi connectivity index (χ3n) is 3.76. The van der Waals surface area contributed by atoms with Crippen LogP contribution in [0.1, 0.15) is 38.5 Å². The molecule has 2 aliphatic rings. The van der Waals surface area contributed by atoms with Crippen LogP contribution in [-0.4, -0.2) is 37.0 Å². The van der Waals surface area contributed by atoms with Gasteiger partial charge in [0.25, 0.3) is 0 Å². The average Bonchev–Trinajstić information content (AvgIpc) is 2.29. The van der Waals surface area contributed by atoms with Gasteiger partial charge < -0.3 is 15.2 Å². The molecule has 88 valence electrons. The Labute approximate surface area is 92.2 Å². The lowest BCUT2D eigenvalue weighted by Crippen LogP contribution is -2.41. The van der Waals surface area contributed by atoms with Crippen LogP contribution in [0.5, 0.6) is 0 Å². The van der Waals surface area contributed by atoms with Crippen LogP contribution in [0.15, 0.2) is 0 Å². The van der Waals surface area contributed by atoms with E-state index in [0.29, 0.717) is 12.0 Å². The summed E-state index contributed by atoms with van der Waals surface area (Å²) in [7, 11) is 0. The molecule has 2 fully saturated rings. The Bertz CT molecular complexity index is 180. The number of hydrogen-bond donors (Lipinski definition) is 2. The Kier molecular flexibility index (Phi) is 4.42. The maximum atomic E-state index is 9.83. The summed E-state index contributed by atoms with van der Waals surface area (Å²) in [6, 6.07) is 0.618. The molecule has 0 aromatic heterocycles. The minimum Gasteiger partial charge on any atom is -0.393 e. The largest absolute Gasteiger partial charge is 0.393 e. The minimum absolute atomic E-state index is 0.0638. The summed E-state index contributed by atoms with van der Waals surface area (Å²) in [6.45, 7) is 2.78. The van der Waals surface area contributed by atoms with E-state index in [-0.39, 0.29) is 6.10 Å². The third-order valence-corrected chi connectivity index (χ3v) is 3.76. The second-order valence-corrected chi connectivity index (χ2v) is 4.91. The molecule has 1 saturated carbocycles. The Morgan fingerprint density at radius 3 is 2.53 bits per heavy atom. The third kappa shape index (κ3) is 3.44. The topological polar surface area (TPSA) is 41.5 Å². The molecule has 3 heteroatoms. The number of hydrogen-bond acceptors (Lipinski definition) is 3. The van der Waals surface area contributed by atoms with E-state index in [4.69, 9.17) is 4.74 Å². The second kappa shape index (κ2) is 5.83. The van der Waals surface area contributed by atoms with E-state index in [1.807, 2.05) is 0 Å². The normalized spacial score (nSPS) is 34.2. The van der Waals surface area contributed by atoms with E-state index in [0.717, 1.165) is 39.0 Å². The van der Waals surface area contributed by atoms with Crippen molar-refractivity contribution >= 4 is 0 Å². The van der Waals surface area contributed by atoms with Crippen molar-refractivity contribution in [1.82, 2.24) is 5.32 Å². The molecule has 0 aromatic rings. The summed E-state index contributed by atoms with van der Waals surface area (Å²) < 4.78 is 5.32. The molecule has 15 heavy (non-hydrogen) atoms. The molecule has 2 atom stereocenters. The Morgan fingerprint density at radius 2 is 1.80 bits per heavy atom. The molecule has 2 rings (SSSR count). The SMILES string of the molecule is OC1CCCCC1CNC1CCOCC1. The van der Waals surface area contributed by atoms with E-state index in [1.54, 1.807) is 0 Å². The summed E-state index contributed by atoms with van der Waals surface area (Å²) in [5, 5.41) is 13.4. The van der Waals surface area contributed by atoms with Crippen LogP contribution in [0, 0.1) is 5.92 Å². The summed E-state index contributed by atoms with van der Waals surface area (Å²) >= 11 is 0. The maximum Gasteiger partial charge on any atom is 0.0580 e. The number of nitrogens with one attached hydrogen (secondary N) is 1. The molecule has 0 amide bonds. The van der Waals surface area contributed by atoms with Gasteiger partial charge in [0, 0.05) is 25.8 Å². The highest BCUT2D eigenvalue weighted by atomic mass is 16.5. The lowest BCUT2D eigenvalue weighted by Gasteiger charge is -2.30. The van der Waals surface area contributed by atoms with Crippen molar-refractivity contribution in [3.05, 3.63) is 0 Å². The molecule has 0 spiro atoms. The van der Waals surface area contributed by atoms with E-state index in [1.165, 1.54) is 19.3 Å². The van der Waals surface area contributed by atoms with E-state index in [9.17, 15) is 5.11 Å². The zero-order valence-electron chi connectivity index (χ0n) is 9.45. The van der Waals surface area contributed by atoms with Crippen LogP contribution in [0.4, 0.5) is 0 Å². The molecule has 1 heterocycles. The van der Waals surface area contributed by atoms with Crippen molar-refractivity contribution in [2.75, 3.05) is 19.8 Å². The van der Waals surface area contributed by atoms with Crippen molar-refractivity contribution in [2.24, 2.45) is 5.92 Å². The molecule has 0 bridgehead atoms.